The lowest BCUT2D eigenvalue weighted by Crippen LogP contribution is -2.20. The van der Waals surface area contributed by atoms with Gasteiger partial charge < -0.3 is 9.64 Å². The van der Waals surface area contributed by atoms with E-state index in [4.69, 9.17) is 4.74 Å². The van der Waals surface area contributed by atoms with Crippen LogP contribution < -0.4 is 0 Å². The largest absolute Gasteiger partial charge is 0.462 e. The summed E-state index contributed by atoms with van der Waals surface area (Å²) in [4.78, 5) is 14.2. The molecule has 0 aliphatic heterocycles. The van der Waals surface area contributed by atoms with Crippen molar-refractivity contribution in [2.24, 2.45) is 0 Å². The first kappa shape index (κ1) is 24.4. The van der Waals surface area contributed by atoms with Gasteiger partial charge in [0.05, 0.1) is 0 Å². The van der Waals surface area contributed by atoms with Crippen LogP contribution in [0.5, 0.6) is 0 Å². The van der Waals surface area contributed by atoms with Crippen LogP contribution in [0.3, 0.4) is 0 Å². The molecule has 150 valence electrons. The van der Waals surface area contributed by atoms with Gasteiger partial charge in [0.2, 0.25) is 0 Å². The van der Waals surface area contributed by atoms with Gasteiger partial charge in [0.25, 0.3) is 0 Å². The Hall–Kier alpha value is -0.570. The number of carbonyl (C=O) groups excluding carboxylic acids is 1. The third-order valence-electron chi connectivity index (χ3n) is 4.79. The van der Waals surface area contributed by atoms with Crippen molar-refractivity contribution in [1.82, 2.24) is 4.90 Å². The summed E-state index contributed by atoms with van der Waals surface area (Å²) in [6.45, 7) is 5.45. The molecule has 25 heavy (non-hydrogen) atoms. The third kappa shape index (κ3) is 18.0. The average Bonchev–Trinajstić information content (AvgIpc) is 2.57. The minimum Gasteiger partial charge on any atom is -0.462 e. The molecule has 0 aromatic heterocycles. The molecule has 0 amide bonds. The number of hydrogen-bond donors (Lipinski definition) is 0. The van der Waals surface area contributed by atoms with Crippen LogP contribution in [0.1, 0.15) is 110 Å². The molecule has 0 rings (SSSR count). The summed E-state index contributed by atoms with van der Waals surface area (Å²) in [7, 11) is 4.09. The Balaban J connectivity index is 4.02. The van der Waals surface area contributed by atoms with Gasteiger partial charge in [0.1, 0.15) is 6.10 Å². The normalized spacial score (nSPS) is 12.5. The Labute approximate surface area is 157 Å². The lowest BCUT2D eigenvalue weighted by Gasteiger charge is -2.18. The van der Waals surface area contributed by atoms with E-state index in [1.807, 2.05) is 14.1 Å². The van der Waals surface area contributed by atoms with Gasteiger partial charge in [-0.15, -0.1) is 0 Å². The van der Waals surface area contributed by atoms with Crippen LogP contribution in [-0.4, -0.2) is 37.6 Å². The predicted octanol–water partition coefficient (Wildman–Crippen LogP) is 6.35. The molecule has 0 aliphatic rings. The zero-order chi connectivity index (χ0) is 18.8. The number of nitrogens with zero attached hydrogens (tertiary/aromatic N) is 1. The van der Waals surface area contributed by atoms with Gasteiger partial charge in [0.15, 0.2) is 0 Å². The van der Waals surface area contributed by atoms with E-state index in [1.54, 1.807) is 0 Å². The van der Waals surface area contributed by atoms with Crippen molar-refractivity contribution < 1.29 is 9.53 Å². The summed E-state index contributed by atoms with van der Waals surface area (Å²) in [6, 6.07) is 0. The molecule has 1 atom stereocenters. The van der Waals surface area contributed by atoms with Gasteiger partial charge in [0, 0.05) is 6.42 Å². The van der Waals surface area contributed by atoms with Crippen LogP contribution in [0.25, 0.3) is 0 Å². The number of carbonyl (C=O) groups is 1. The number of ether oxygens (including phenoxy) is 1. The molecule has 0 fully saturated rings. The molecule has 0 aromatic carbocycles. The van der Waals surface area contributed by atoms with E-state index in [2.05, 4.69) is 18.7 Å². The Morgan fingerprint density at radius 1 is 0.760 bits per heavy atom. The molecule has 0 saturated heterocycles. The van der Waals surface area contributed by atoms with E-state index >= 15 is 0 Å². The highest BCUT2D eigenvalue weighted by Gasteiger charge is 2.14. The lowest BCUT2D eigenvalue weighted by atomic mass is 10.0. The van der Waals surface area contributed by atoms with Gasteiger partial charge in [-0.25, -0.2) is 0 Å². The smallest absolute Gasteiger partial charge is 0.306 e. The Kier molecular flexibility index (Phi) is 17.8. The highest BCUT2D eigenvalue weighted by molar-refractivity contribution is 5.69. The molecule has 0 spiro atoms. The molecular weight excluding hydrogens is 310 g/mol. The molecule has 0 N–H and O–H groups in total. The molecule has 1 unspecified atom stereocenters. The van der Waals surface area contributed by atoms with Crippen molar-refractivity contribution in [3.05, 3.63) is 0 Å². The van der Waals surface area contributed by atoms with Crippen molar-refractivity contribution in [3.63, 3.8) is 0 Å². The van der Waals surface area contributed by atoms with Crippen molar-refractivity contribution in [3.8, 4) is 0 Å². The monoisotopic (exact) mass is 355 g/mol. The highest BCUT2D eigenvalue weighted by atomic mass is 16.5. The fraction of sp³-hybridized carbons (Fsp3) is 0.955. The fourth-order valence-corrected chi connectivity index (χ4v) is 3.17. The highest BCUT2D eigenvalue weighted by Crippen LogP contribution is 2.17. The first-order chi connectivity index (χ1) is 12.1. The van der Waals surface area contributed by atoms with E-state index in [9.17, 15) is 4.79 Å². The molecule has 3 heteroatoms. The van der Waals surface area contributed by atoms with Gasteiger partial charge in [-0.1, -0.05) is 71.6 Å². The number of unbranched alkanes of at least 4 members (excludes halogenated alkanes) is 9. The first-order valence-corrected chi connectivity index (χ1v) is 10.9. The predicted molar refractivity (Wildman–Crippen MR) is 109 cm³/mol. The van der Waals surface area contributed by atoms with Crippen LogP contribution in [-0.2, 0) is 9.53 Å². The van der Waals surface area contributed by atoms with Crippen molar-refractivity contribution in [2.45, 2.75) is 116 Å². The SMILES string of the molecule is CCCCCCCCC(CCCCCCC)OC(=O)CCCN(C)C. The molecule has 0 radical (unpaired) electrons. The minimum absolute atomic E-state index is 0.00592. The summed E-state index contributed by atoms with van der Waals surface area (Å²) < 4.78 is 5.81. The van der Waals surface area contributed by atoms with E-state index in [0.717, 1.165) is 25.8 Å². The molecule has 3 nitrogen and oxygen atoms in total. The van der Waals surface area contributed by atoms with Crippen molar-refractivity contribution >= 4 is 5.97 Å². The summed E-state index contributed by atoms with van der Waals surface area (Å²) in [5.74, 6) is 0.00592. The van der Waals surface area contributed by atoms with E-state index < -0.39 is 0 Å². The van der Waals surface area contributed by atoms with Crippen LogP contribution >= 0.6 is 0 Å². The second kappa shape index (κ2) is 18.2. The zero-order valence-corrected chi connectivity index (χ0v) is 17.7. The Morgan fingerprint density at radius 3 is 1.72 bits per heavy atom. The Morgan fingerprint density at radius 2 is 1.24 bits per heavy atom. The molecule has 0 aromatic rings. The van der Waals surface area contributed by atoms with Gasteiger partial charge in [-0.3, -0.25) is 4.79 Å². The quantitative estimate of drug-likeness (QED) is 0.212. The zero-order valence-electron chi connectivity index (χ0n) is 17.7. The summed E-state index contributed by atoms with van der Waals surface area (Å²) in [5, 5.41) is 0. The van der Waals surface area contributed by atoms with E-state index in [1.165, 1.54) is 70.6 Å². The van der Waals surface area contributed by atoms with Gasteiger partial charge >= 0.3 is 5.97 Å². The standard InChI is InChI=1S/C22H45NO2/c1-5-7-9-11-13-15-18-21(17-14-12-10-8-6-2)25-22(24)19-16-20-23(3)4/h21H,5-20H2,1-4H3. The number of hydrogen-bond acceptors (Lipinski definition) is 3. The first-order valence-electron chi connectivity index (χ1n) is 10.9. The third-order valence-corrected chi connectivity index (χ3v) is 4.79. The van der Waals surface area contributed by atoms with E-state index in [-0.39, 0.29) is 12.1 Å². The number of esters is 1. The summed E-state index contributed by atoms with van der Waals surface area (Å²) in [5.41, 5.74) is 0. The van der Waals surface area contributed by atoms with Gasteiger partial charge in [-0.2, -0.15) is 0 Å². The van der Waals surface area contributed by atoms with Crippen molar-refractivity contribution in [1.29, 1.82) is 0 Å². The molecule has 0 saturated carbocycles. The van der Waals surface area contributed by atoms with Crippen LogP contribution in [0.4, 0.5) is 0 Å². The van der Waals surface area contributed by atoms with Gasteiger partial charge in [-0.05, 0) is 52.7 Å². The average molecular weight is 356 g/mol. The molecule has 0 bridgehead atoms. The number of rotatable bonds is 18. The maximum absolute atomic E-state index is 12.1. The Bertz CT molecular complexity index is 292. The lowest BCUT2D eigenvalue weighted by molar-refractivity contribution is -0.150. The van der Waals surface area contributed by atoms with Crippen molar-refractivity contribution in [2.75, 3.05) is 20.6 Å². The molecular formula is C22H45NO2. The maximum Gasteiger partial charge on any atom is 0.306 e. The second-order valence-corrected chi connectivity index (χ2v) is 7.78. The maximum atomic E-state index is 12.1. The van der Waals surface area contributed by atoms with Crippen LogP contribution in [0.2, 0.25) is 0 Å². The van der Waals surface area contributed by atoms with Crippen LogP contribution in [0.15, 0.2) is 0 Å². The fourth-order valence-electron chi connectivity index (χ4n) is 3.17. The topological polar surface area (TPSA) is 29.5 Å². The van der Waals surface area contributed by atoms with Crippen LogP contribution in [0, 0.1) is 0 Å². The second-order valence-electron chi connectivity index (χ2n) is 7.78. The summed E-state index contributed by atoms with van der Waals surface area (Å²) >= 11 is 0. The molecule has 0 heterocycles. The summed E-state index contributed by atoms with van der Waals surface area (Å²) in [6.07, 6.45) is 17.9. The molecule has 0 aliphatic carbocycles. The van der Waals surface area contributed by atoms with E-state index in [0.29, 0.717) is 6.42 Å². The minimum atomic E-state index is 0.00592.